The van der Waals surface area contributed by atoms with E-state index in [1.165, 1.54) is 5.56 Å². The lowest BCUT2D eigenvalue weighted by Gasteiger charge is -2.34. The van der Waals surface area contributed by atoms with Gasteiger partial charge in [-0.2, -0.15) is 0 Å². The van der Waals surface area contributed by atoms with Gasteiger partial charge in [-0.15, -0.1) is 0 Å². The van der Waals surface area contributed by atoms with Crippen LogP contribution in [0, 0.1) is 0 Å². The van der Waals surface area contributed by atoms with Crippen LogP contribution in [0.4, 0.5) is 5.82 Å². The molecule has 1 aromatic rings. The number of rotatable bonds is 5. The molecular weight excluding hydrogens is 340 g/mol. The minimum Gasteiger partial charge on any atom is -0.378 e. The van der Waals surface area contributed by atoms with E-state index < -0.39 is 0 Å². The third-order valence-corrected chi connectivity index (χ3v) is 5.44. The van der Waals surface area contributed by atoms with Crippen molar-refractivity contribution in [2.24, 2.45) is 4.99 Å². The number of likely N-dealkylation sites (tertiary alicyclic amines) is 1. The third kappa shape index (κ3) is 5.56. The van der Waals surface area contributed by atoms with Crippen LogP contribution in [-0.2, 0) is 11.3 Å². The molecule has 0 saturated carbocycles. The largest absolute Gasteiger partial charge is 0.378 e. The summed E-state index contributed by atoms with van der Waals surface area (Å²) < 4.78 is 5.75. The van der Waals surface area contributed by atoms with E-state index >= 15 is 0 Å². The summed E-state index contributed by atoms with van der Waals surface area (Å²) in [6, 6.07) is 4.29. The van der Waals surface area contributed by atoms with Crippen LogP contribution in [0.1, 0.15) is 25.3 Å². The summed E-state index contributed by atoms with van der Waals surface area (Å²) >= 11 is 0. The molecule has 0 spiro atoms. The Labute approximate surface area is 163 Å². The first-order chi connectivity index (χ1) is 13.2. The molecule has 27 heavy (non-hydrogen) atoms. The van der Waals surface area contributed by atoms with E-state index in [1.807, 2.05) is 13.2 Å². The maximum Gasteiger partial charge on any atom is 0.193 e. The number of nitrogens with one attached hydrogen (secondary N) is 1. The van der Waals surface area contributed by atoms with Crippen molar-refractivity contribution >= 4 is 11.8 Å². The summed E-state index contributed by atoms with van der Waals surface area (Å²) in [5.41, 5.74) is 1.24. The van der Waals surface area contributed by atoms with Crippen LogP contribution < -0.4 is 10.2 Å². The van der Waals surface area contributed by atoms with Crippen molar-refractivity contribution < 1.29 is 4.74 Å². The molecule has 0 atom stereocenters. The topological polar surface area (TPSA) is 56.2 Å². The van der Waals surface area contributed by atoms with E-state index in [2.05, 4.69) is 56.1 Å². The lowest BCUT2D eigenvalue weighted by atomic mass is 10.1. The van der Waals surface area contributed by atoms with E-state index in [1.54, 1.807) is 0 Å². The van der Waals surface area contributed by atoms with Gasteiger partial charge in [0.2, 0.25) is 0 Å². The number of hydrogen-bond donors (Lipinski definition) is 1. The van der Waals surface area contributed by atoms with Gasteiger partial charge in [0.15, 0.2) is 5.96 Å². The molecule has 2 fully saturated rings. The van der Waals surface area contributed by atoms with Crippen LogP contribution in [0.5, 0.6) is 0 Å². The van der Waals surface area contributed by atoms with Crippen molar-refractivity contribution in [3.8, 4) is 0 Å². The number of aliphatic imine (C=N–C) groups is 1. The van der Waals surface area contributed by atoms with E-state index in [4.69, 9.17) is 4.74 Å². The van der Waals surface area contributed by atoms with Gasteiger partial charge in [0.25, 0.3) is 0 Å². The van der Waals surface area contributed by atoms with Crippen molar-refractivity contribution in [1.82, 2.24) is 20.1 Å². The molecule has 2 aliphatic heterocycles. The number of piperazine rings is 1. The number of piperidine rings is 1. The summed E-state index contributed by atoms with van der Waals surface area (Å²) in [6.45, 7) is 9.88. The number of ether oxygens (including phenoxy) is 1. The zero-order chi connectivity index (χ0) is 19.1. The van der Waals surface area contributed by atoms with Crippen LogP contribution in [0.2, 0.25) is 0 Å². The van der Waals surface area contributed by atoms with Gasteiger partial charge in [0.1, 0.15) is 5.82 Å². The van der Waals surface area contributed by atoms with Crippen molar-refractivity contribution in [2.75, 3.05) is 64.9 Å². The molecule has 2 saturated heterocycles. The van der Waals surface area contributed by atoms with E-state index in [0.717, 1.165) is 77.0 Å². The number of likely N-dealkylation sites (N-methyl/N-ethyl adjacent to an activating group) is 1. The molecule has 0 amide bonds. The summed E-state index contributed by atoms with van der Waals surface area (Å²) in [7, 11) is 4.03. The number of aromatic nitrogens is 1. The molecule has 0 aromatic carbocycles. The minimum atomic E-state index is 0.399. The highest BCUT2D eigenvalue weighted by molar-refractivity contribution is 5.80. The Balaban J connectivity index is 1.52. The second kappa shape index (κ2) is 9.90. The Morgan fingerprint density at radius 3 is 2.63 bits per heavy atom. The number of anilines is 1. The molecule has 0 unspecified atom stereocenters. The normalized spacial score (nSPS) is 20.2. The van der Waals surface area contributed by atoms with Crippen molar-refractivity contribution in [2.45, 2.75) is 32.4 Å². The highest BCUT2D eigenvalue weighted by Crippen LogP contribution is 2.16. The zero-order valence-corrected chi connectivity index (χ0v) is 17.0. The van der Waals surface area contributed by atoms with Crippen LogP contribution in [0.3, 0.4) is 0 Å². The van der Waals surface area contributed by atoms with Crippen molar-refractivity contribution in [1.29, 1.82) is 0 Å². The Morgan fingerprint density at radius 2 is 1.96 bits per heavy atom. The molecule has 2 aliphatic rings. The second-order valence-electron chi connectivity index (χ2n) is 7.36. The van der Waals surface area contributed by atoms with Gasteiger partial charge in [-0.3, -0.25) is 4.99 Å². The van der Waals surface area contributed by atoms with Gasteiger partial charge in [-0.05, 0) is 44.5 Å². The van der Waals surface area contributed by atoms with Gasteiger partial charge in [-0.25, -0.2) is 4.98 Å². The number of pyridine rings is 1. The summed E-state index contributed by atoms with van der Waals surface area (Å²) in [4.78, 5) is 16.1. The fraction of sp³-hybridized carbons (Fsp3) is 0.700. The Morgan fingerprint density at radius 1 is 1.22 bits per heavy atom. The SMILES string of the molecule is CCOC1CCN(C(=NC)NCc2ccnc(N3CCN(C)CC3)c2)CC1. The van der Waals surface area contributed by atoms with Crippen molar-refractivity contribution in [3.05, 3.63) is 23.9 Å². The lowest BCUT2D eigenvalue weighted by Crippen LogP contribution is -2.46. The monoisotopic (exact) mass is 374 g/mol. The van der Waals surface area contributed by atoms with Gasteiger partial charge in [-0.1, -0.05) is 0 Å². The van der Waals surface area contributed by atoms with Gasteiger partial charge < -0.3 is 24.8 Å². The average molecular weight is 375 g/mol. The van der Waals surface area contributed by atoms with Crippen LogP contribution in [-0.4, -0.2) is 86.8 Å². The first-order valence-electron chi connectivity index (χ1n) is 10.1. The average Bonchev–Trinajstić information content (AvgIpc) is 2.71. The molecule has 7 heteroatoms. The van der Waals surface area contributed by atoms with Crippen LogP contribution in [0.25, 0.3) is 0 Å². The summed E-state index contributed by atoms with van der Waals surface area (Å²) in [5, 5.41) is 3.52. The first-order valence-corrected chi connectivity index (χ1v) is 10.1. The quantitative estimate of drug-likeness (QED) is 0.621. The van der Waals surface area contributed by atoms with Gasteiger partial charge in [0, 0.05) is 65.7 Å². The van der Waals surface area contributed by atoms with Gasteiger partial charge >= 0.3 is 0 Å². The van der Waals surface area contributed by atoms with E-state index in [9.17, 15) is 0 Å². The molecule has 0 bridgehead atoms. The van der Waals surface area contributed by atoms with Crippen molar-refractivity contribution in [3.63, 3.8) is 0 Å². The van der Waals surface area contributed by atoms with Crippen LogP contribution >= 0.6 is 0 Å². The fourth-order valence-electron chi connectivity index (χ4n) is 3.76. The molecule has 0 aliphatic carbocycles. The standard InChI is InChI=1S/C20H34N6O/c1-4-27-18-6-9-26(10-7-18)20(21-2)23-16-17-5-8-22-19(15-17)25-13-11-24(3)12-14-25/h5,8,15,18H,4,6-7,9-14,16H2,1-3H3,(H,21,23). The minimum absolute atomic E-state index is 0.399. The lowest BCUT2D eigenvalue weighted by molar-refractivity contribution is 0.0263. The molecule has 0 radical (unpaired) electrons. The summed E-state index contributed by atoms with van der Waals surface area (Å²) in [6.07, 6.45) is 4.45. The smallest absolute Gasteiger partial charge is 0.193 e. The van der Waals surface area contributed by atoms with Crippen LogP contribution in [0.15, 0.2) is 23.3 Å². The first kappa shape index (κ1) is 19.9. The fourth-order valence-corrected chi connectivity index (χ4v) is 3.76. The molecule has 7 nitrogen and oxygen atoms in total. The predicted octanol–water partition coefficient (Wildman–Crippen LogP) is 1.41. The molecule has 3 heterocycles. The van der Waals surface area contributed by atoms with E-state index in [-0.39, 0.29) is 0 Å². The number of guanidine groups is 1. The highest BCUT2D eigenvalue weighted by Gasteiger charge is 2.21. The predicted molar refractivity (Wildman–Crippen MR) is 110 cm³/mol. The van der Waals surface area contributed by atoms with E-state index in [0.29, 0.717) is 6.10 Å². The number of hydrogen-bond acceptors (Lipinski definition) is 5. The highest BCUT2D eigenvalue weighted by atomic mass is 16.5. The maximum atomic E-state index is 5.75. The molecule has 150 valence electrons. The Kier molecular flexibility index (Phi) is 7.29. The van der Waals surface area contributed by atoms with Gasteiger partial charge in [0.05, 0.1) is 6.10 Å². The molecule has 3 rings (SSSR count). The Bertz CT molecular complexity index is 606. The molecule has 1 aromatic heterocycles. The second-order valence-corrected chi connectivity index (χ2v) is 7.36. The molecule has 1 N–H and O–H groups in total. The zero-order valence-electron chi connectivity index (χ0n) is 17.0. The summed E-state index contributed by atoms with van der Waals surface area (Å²) in [5.74, 6) is 2.05. The number of nitrogens with zero attached hydrogens (tertiary/aromatic N) is 5. The third-order valence-electron chi connectivity index (χ3n) is 5.44. The maximum absolute atomic E-state index is 5.75. The molecular formula is C20H34N6O. The Hall–Kier alpha value is -1.86.